The van der Waals surface area contributed by atoms with Crippen molar-refractivity contribution in [3.63, 3.8) is 0 Å². The minimum atomic E-state index is 0.122. The van der Waals surface area contributed by atoms with Crippen molar-refractivity contribution in [2.45, 2.75) is 12.3 Å². The molecule has 0 bridgehead atoms. The van der Waals surface area contributed by atoms with Crippen LogP contribution in [0.4, 0.5) is 0 Å². The molecule has 4 nitrogen and oxygen atoms in total. The number of benzene rings is 7. The Kier molecular flexibility index (Phi) is 6.02. The molecule has 7 aromatic carbocycles. The van der Waals surface area contributed by atoms with Crippen LogP contribution < -0.4 is 4.74 Å². The van der Waals surface area contributed by atoms with Gasteiger partial charge >= 0.3 is 0 Å². The molecular weight excluding hydrogens is 667 g/mol. The van der Waals surface area contributed by atoms with Gasteiger partial charge in [0.25, 0.3) is 0 Å². The lowest BCUT2D eigenvalue weighted by Gasteiger charge is -2.20. The quantitative estimate of drug-likeness (QED) is 0.185. The number of rotatable bonds is 3. The van der Waals surface area contributed by atoms with E-state index in [1.54, 1.807) is 11.3 Å². The molecule has 53 heavy (non-hydrogen) atoms. The molecule has 248 valence electrons. The third-order valence-electron chi connectivity index (χ3n) is 11.1. The third kappa shape index (κ3) is 4.17. The number of aromatic nitrogens is 3. The lowest BCUT2D eigenvalue weighted by atomic mass is 9.90. The fourth-order valence-electron chi connectivity index (χ4n) is 8.75. The molecule has 3 aromatic heterocycles. The normalized spacial score (nSPS) is 15.3. The fourth-order valence-corrected chi connectivity index (χ4v) is 9.90. The molecule has 12 rings (SSSR count). The predicted octanol–water partition coefficient (Wildman–Crippen LogP) is 12.9. The van der Waals surface area contributed by atoms with Crippen molar-refractivity contribution in [3.05, 3.63) is 169 Å². The van der Waals surface area contributed by atoms with Gasteiger partial charge in [-0.05, 0) is 58.3 Å². The summed E-state index contributed by atoms with van der Waals surface area (Å²) in [6, 6.07) is 52.0. The number of fused-ring (bicyclic) bond motifs is 13. The number of hydrogen-bond acceptors (Lipinski definition) is 4. The summed E-state index contributed by atoms with van der Waals surface area (Å²) >= 11 is 1.76. The minimum Gasteiger partial charge on any atom is -0.459 e. The first-order chi connectivity index (χ1) is 26.3. The summed E-state index contributed by atoms with van der Waals surface area (Å²) in [5, 5.41) is 8.72. The highest BCUT2D eigenvalue weighted by Gasteiger charge is 2.35. The van der Waals surface area contributed by atoms with Gasteiger partial charge in [0.05, 0.1) is 38.6 Å². The molecule has 1 aliphatic carbocycles. The Labute approximate surface area is 308 Å². The Morgan fingerprint density at radius 2 is 1.30 bits per heavy atom. The topological polar surface area (TPSA) is 39.9 Å². The van der Waals surface area contributed by atoms with Crippen LogP contribution in [0.3, 0.4) is 0 Å². The van der Waals surface area contributed by atoms with Crippen LogP contribution in [0.1, 0.15) is 17.9 Å². The predicted molar refractivity (Wildman–Crippen MR) is 221 cm³/mol. The standard InChI is InChI=1S/C48H29N3OS/c1-2-13-30(14-3-1)44-47-45(36-17-8-9-20-41(36)53-47)50-48(49-44)31-21-24-34-35-18-10-19-39(46(35)52-40(34)27-31)51-37-25-22-28-11-4-6-15-32(28)42(37)43-33-16-7-5-12-29(33)23-26-38(43)51/h1-17,19-27,35H,18H2. The van der Waals surface area contributed by atoms with Gasteiger partial charge in [0, 0.05) is 37.5 Å². The van der Waals surface area contributed by atoms with E-state index in [9.17, 15) is 0 Å². The van der Waals surface area contributed by atoms with Crippen LogP contribution in [0.5, 0.6) is 5.75 Å². The van der Waals surface area contributed by atoms with Gasteiger partial charge in [0.2, 0.25) is 0 Å². The molecule has 1 atom stereocenters. The Morgan fingerprint density at radius 1 is 0.623 bits per heavy atom. The van der Waals surface area contributed by atoms with Gasteiger partial charge in [-0.1, -0.05) is 127 Å². The first kappa shape index (κ1) is 29.1. The molecule has 0 saturated carbocycles. The van der Waals surface area contributed by atoms with Crippen molar-refractivity contribution in [2.24, 2.45) is 0 Å². The molecule has 1 aliphatic heterocycles. The highest BCUT2D eigenvalue weighted by Crippen LogP contribution is 2.50. The second-order valence-electron chi connectivity index (χ2n) is 14.0. The van der Waals surface area contributed by atoms with Crippen molar-refractivity contribution in [3.8, 4) is 28.4 Å². The molecule has 10 aromatic rings. The second-order valence-corrected chi connectivity index (χ2v) is 15.1. The molecule has 1 unspecified atom stereocenters. The third-order valence-corrected chi connectivity index (χ3v) is 12.3. The minimum absolute atomic E-state index is 0.122. The smallest absolute Gasteiger partial charge is 0.160 e. The van der Waals surface area contributed by atoms with E-state index < -0.39 is 0 Å². The van der Waals surface area contributed by atoms with E-state index in [1.807, 2.05) is 6.07 Å². The maximum atomic E-state index is 6.99. The van der Waals surface area contributed by atoms with Gasteiger partial charge in [0.15, 0.2) is 5.82 Å². The zero-order valence-electron chi connectivity index (χ0n) is 28.5. The fraction of sp³-hybridized carbons (Fsp3) is 0.0417. The molecule has 0 radical (unpaired) electrons. The highest BCUT2D eigenvalue weighted by molar-refractivity contribution is 7.26. The van der Waals surface area contributed by atoms with Gasteiger partial charge in [-0.25, -0.2) is 9.97 Å². The summed E-state index contributed by atoms with van der Waals surface area (Å²) in [4.78, 5) is 10.5. The average Bonchev–Trinajstić information content (AvgIpc) is 3.90. The Morgan fingerprint density at radius 3 is 2.06 bits per heavy atom. The molecular formula is C48H29N3OS. The molecule has 0 saturated heterocycles. The number of nitrogens with zero attached hydrogens (tertiary/aromatic N) is 3. The molecule has 4 heterocycles. The molecule has 2 aliphatic rings. The van der Waals surface area contributed by atoms with E-state index in [1.165, 1.54) is 53.6 Å². The average molecular weight is 696 g/mol. The first-order valence-electron chi connectivity index (χ1n) is 18.1. The summed E-state index contributed by atoms with van der Waals surface area (Å²) < 4.78 is 11.7. The van der Waals surface area contributed by atoms with Gasteiger partial charge in [-0.2, -0.15) is 0 Å². The van der Waals surface area contributed by atoms with Crippen LogP contribution in [0.2, 0.25) is 0 Å². The van der Waals surface area contributed by atoms with Crippen LogP contribution in [0.25, 0.3) is 92.0 Å². The van der Waals surface area contributed by atoms with Crippen LogP contribution in [-0.2, 0) is 0 Å². The van der Waals surface area contributed by atoms with E-state index in [0.29, 0.717) is 5.82 Å². The van der Waals surface area contributed by atoms with E-state index in [2.05, 4.69) is 156 Å². The number of thiophene rings is 1. The Hall–Kier alpha value is -6.56. The summed E-state index contributed by atoms with van der Waals surface area (Å²) in [5.74, 6) is 2.69. The molecule has 5 heteroatoms. The highest BCUT2D eigenvalue weighted by atomic mass is 32.1. The SMILES string of the molecule is C1=CC(n2c3ccc4ccccc4c3c3c4ccccc4ccc32)=C2Oc3cc(-c4nc(-c5ccccc5)c5sc6ccccc6c5n4)ccc3C2C1. The molecule has 0 fully saturated rings. The van der Waals surface area contributed by atoms with Gasteiger partial charge in [-0.3, -0.25) is 0 Å². The van der Waals surface area contributed by atoms with E-state index in [4.69, 9.17) is 14.7 Å². The maximum absolute atomic E-state index is 6.99. The number of ether oxygens (including phenoxy) is 1. The zero-order chi connectivity index (χ0) is 34.6. The summed E-state index contributed by atoms with van der Waals surface area (Å²) in [7, 11) is 0. The lowest BCUT2D eigenvalue weighted by molar-refractivity contribution is 0.426. The molecule has 0 spiro atoms. The van der Waals surface area contributed by atoms with E-state index >= 15 is 0 Å². The van der Waals surface area contributed by atoms with Crippen LogP contribution in [-0.4, -0.2) is 14.5 Å². The van der Waals surface area contributed by atoms with Crippen molar-refractivity contribution in [2.75, 3.05) is 0 Å². The molecule has 0 N–H and O–H groups in total. The van der Waals surface area contributed by atoms with E-state index in [-0.39, 0.29) is 5.92 Å². The summed E-state index contributed by atoms with van der Waals surface area (Å²) in [6.07, 6.45) is 5.45. The van der Waals surface area contributed by atoms with E-state index in [0.717, 1.165) is 56.1 Å². The second kappa shape index (κ2) is 11.0. The molecule has 0 amide bonds. The van der Waals surface area contributed by atoms with Gasteiger partial charge in [0.1, 0.15) is 11.5 Å². The monoisotopic (exact) mass is 695 g/mol. The zero-order valence-corrected chi connectivity index (χ0v) is 29.3. The van der Waals surface area contributed by atoms with Gasteiger partial charge < -0.3 is 9.30 Å². The first-order valence-corrected chi connectivity index (χ1v) is 18.9. The van der Waals surface area contributed by atoms with Crippen LogP contribution >= 0.6 is 11.3 Å². The summed E-state index contributed by atoms with van der Waals surface area (Å²) in [6.45, 7) is 0. The number of hydrogen-bond donors (Lipinski definition) is 0. The van der Waals surface area contributed by atoms with Crippen LogP contribution in [0.15, 0.2) is 164 Å². The Bertz CT molecular complexity index is 3150. The Balaban J connectivity index is 1.05. The van der Waals surface area contributed by atoms with Gasteiger partial charge in [-0.15, -0.1) is 11.3 Å². The van der Waals surface area contributed by atoms with Crippen LogP contribution in [0, 0.1) is 0 Å². The number of allylic oxidation sites excluding steroid dienone is 4. The van der Waals surface area contributed by atoms with Crippen molar-refractivity contribution < 1.29 is 4.74 Å². The van der Waals surface area contributed by atoms with Crippen molar-refractivity contribution >= 4 is 80.7 Å². The lowest BCUT2D eigenvalue weighted by Crippen LogP contribution is -2.09. The summed E-state index contributed by atoms with van der Waals surface area (Å²) in [5.41, 5.74) is 8.63. The van der Waals surface area contributed by atoms with Crippen molar-refractivity contribution in [1.82, 2.24) is 14.5 Å². The largest absolute Gasteiger partial charge is 0.459 e. The maximum Gasteiger partial charge on any atom is 0.160 e. The van der Waals surface area contributed by atoms with Crippen molar-refractivity contribution in [1.29, 1.82) is 0 Å².